The van der Waals surface area contributed by atoms with Crippen LogP contribution in [0.3, 0.4) is 0 Å². The SMILES string of the molecule is CNC(C)c1ccc(N(C)C2CCCCCC2)cc1Br. The van der Waals surface area contributed by atoms with Crippen molar-refractivity contribution in [2.24, 2.45) is 0 Å². The summed E-state index contributed by atoms with van der Waals surface area (Å²) in [6, 6.07) is 7.86. The molecular formula is C17H27BrN2. The van der Waals surface area contributed by atoms with E-state index in [4.69, 9.17) is 0 Å². The maximum absolute atomic E-state index is 3.73. The fourth-order valence-corrected chi connectivity index (χ4v) is 3.81. The smallest absolute Gasteiger partial charge is 0.0377 e. The lowest BCUT2D eigenvalue weighted by molar-refractivity contribution is 0.553. The molecule has 1 atom stereocenters. The minimum Gasteiger partial charge on any atom is -0.372 e. The van der Waals surface area contributed by atoms with Crippen LogP contribution in [0.1, 0.15) is 57.1 Å². The average molecular weight is 339 g/mol. The van der Waals surface area contributed by atoms with E-state index in [1.54, 1.807) is 0 Å². The van der Waals surface area contributed by atoms with Crippen LogP contribution in [-0.4, -0.2) is 20.1 Å². The number of anilines is 1. The normalized spacial score (nSPS) is 18.6. The third-order valence-electron chi connectivity index (χ3n) is 4.66. The van der Waals surface area contributed by atoms with Crippen molar-refractivity contribution in [3.63, 3.8) is 0 Å². The van der Waals surface area contributed by atoms with E-state index in [1.165, 1.54) is 54.2 Å². The summed E-state index contributed by atoms with van der Waals surface area (Å²) in [5.41, 5.74) is 2.65. The summed E-state index contributed by atoms with van der Waals surface area (Å²) >= 11 is 3.73. The molecule has 20 heavy (non-hydrogen) atoms. The number of nitrogens with one attached hydrogen (secondary N) is 1. The van der Waals surface area contributed by atoms with Crippen molar-refractivity contribution in [1.82, 2.24) is 5.32 Å². The third kappa shape index (κ3) is 3.76. The van der Waals surface area contributed by atoms with E-state index in [9.17, 15) is 0 Å². The van der Waals surface area contributed by atoms with E-state index in [-0.39, 0.29) is 0 Å². The molecule has 1 N–H and O–H groups in total. The zero-order chi connectivity index (χ0) is 14.5. The van der Waals surface area contributed by atoms with Crippen molar-refractivity contribution in [1.29, 1.82) is 0 Å². The van der Waals surface area contributed by atoms with Crippen molar-refractivity contribution >= 4 is 21.6 Å². The highest BCUT2D eigenvalue weighted by Gasteiger charge is 2.18. The molecule has 1 aliphatic rings. The number of benzene rings is 1. The van der Waals surface area contributed by atoms with Gasteiger partial charge in [-0.25, -0.2) is 0 Å². The van der Waals surface area contributed by atoms with Gasteiger partial charge in [0.15, 0.2) is 0 Å². The van der Waals surface area contributed by atoms with Gasteiger partial charge in [-0.05, 0) is 44.5 Å². The molecule has 1 fully saturated rings. The second-order valence-corrected chi connectivity index (χ2v) is 6.83. The Kier molecular flexibility index (Phi) is 5.91. The number of hydrogen-bond acceptors (Lipinski definition) is 2. The first-order chi connectivity index (χ1) is 9.63. The molecule has 1 unspecified atom stereocenters. The lowest BCUT2D eigenvalue weighted by Crippen LogP contribution is -2.31. The second-order valence-electron chi connectivity index (χ2n) is 5.97. The molecule has 1 saturated carbocycles. The van der Waals surface area contributed by atoms with Crippen LogP contribution < -0.4 is 10.2 Å². The molecule has 0 saturated heterocycles. The molecule has 2 nitrogen and oxygen atoms in total. The van der Waals surface area contributed by atoms with Gasteiger partial charge in [-0.2, -0.15) is 0 Å². The van der Waals surface area contributed by atoms with Gasteiger partial charge in [0, 0.05) is 29.3 Å². The van der Waals surface area contributed by atoms with Gasteiger partial charge in [0.2, 0.25) is 0 Å². The molecule has 2 rings (SSSR count). The first-order valence-corrected chi connectivity index (χ1v) is 8.62. The molecule has 0 heterocycles. The van der Waals surface area contributed by atoms with E-state index >= 15 is 0 Å². The molecule has 112 valence electrons. The van der Waals surface area contributed by atoms with Crippen molar-refractivity contribution in [2.45, 2.75) is 57.5 Å². The Hall–Kier alpha value is -0.540. The summed E-state index contributed by atoms with van der Waals surface area (Å²) < 4.78 is 1.21. The van der Waals surface area contributed by atoms with Crippen LogP contribution in [0.25, 0.3) is 0 Å². The molecule has 0 bridgehead atoms. The predicted molar refractivity (Wildman–Crippen MR) is 91.5 cm³/mol. The molecule has 0 radical (unpaired) electrons. The summed E-state index contributed by atoms with van der Waals surface area (Å²) in [6.45, 7) is 2.19. The molecule has 1 aromatic rings. The Morgan fingerprint density at radius 1 is 1.20 bits per heavy atom. The second kappa shape index (κ2) is 7.46. The molecule has 0 aliphatic heterocycles. The van der Waals surface area contributed by atoms with Crippen LogP contribution >= 0.6 is 15.9 Å². The number of rotatable bonds is 4. The van der Waals surface area contributed by atoms with Gasteiger partial charge in [-0.3, -0.25) is 0 Å². The third-order valence-corrected chi connectivity index (χ3v) is 5.35. The van der Waals surface area contributed by atoms with Gasteiger partial charge in [0.05, 0.1) is 0 Å². The van der Waals surface area contributed by atoms with Crippen LogP contribution in [-0.2, 0) is 0 Å². The van der Waals surface area contributed by atoms with Crippen molar-refractivity contribution in [3.05, 3.63) is 28.2 Å². The van der Waals surface area contributed by atoms with Crippen molar-refractivity contribution in [2.75, 3.05) is 19.0 Å². The summed E-state index contributed by atoms with van der Waals surface area (Å²) in [4.78, 5) is 2.48. The maximum Gasteiger partial charge on any atom is 0.0377 e. The van der Waals surface area contributed by atoms with Gasteiger partial charge >= 0.3 is 0 Å². The first-order valence-electron chi connectivity index (χ1n) is 7.83. The highest BCUT2D eigenvalue weighted by Crippen LogP contribution is 2.31. The summed E-state index contributed by atoms with van der Waals surface area (Å²) in [6.07, 6.45) is 8.25. The quantitative estimate of drug-likeness (QED) is 0.786. The van der Waals surface area contributed by atoms with E-state index < -0.39 is 0 Å². The first kappa shape index (κ1) is 15.8. The molecule has 0 amide bonds. The lowest BCUT2D eigenvalue weighted by atomic mass is 10.0. The fourth-order valence-electron chi connectivity index (χ4n) is 3.10. The highest BCUT2D eigenvalue weighted by molar-refractivity contribution is 9.10. The Morgan fingerprint density at radius 3 is 2.40 bits per heavy atom. The van der Waals surface area contributed by atoms with Crippen molar-refractivity contribution in [3.8, 4) is 0 Å². The van der Waals surface area contributed by atoms with Gasteiger partial charge < -0.3 is 10.2 Å². The largest absolute Gasteiger partial charge is 0.372 e. The topological polar surface area (TPSA) is 15.3 Å². The molecule has 0 spiro atoms. The zero-order valence-electron chi connectivity index (χ0n) is 13.0. The van der Waals surface area contributed by atoms with E-state index in [2.05, 4.69) is 58.3 Å². The van der Waals surface area contributed by atoms with Crippen molar-refractivity contribution < 1.29 is 0 Å². The molecule has 0 aromatic heterocycles. The monoisotopic (exact) mass is 338 g/mol. The van der Waals surface area contributed by atoms with Crippen LogP contribution in [0, 0.1) is 0 Å². The minimum absolute atomic E-state index is 0.376. The summed E-state index contributed by atoms with van der Waals surface area (Å²) in [7, 11) is 4.25. The fraction of sp³-hybridized carbons (Fsp3) is 0.647. The van der Waals surface area contributed by atoms with E-state index in [0.29, 0.717) is 12.1 Å². The number of hydrogen-bond donors (Lipinski definition) is 1. The Balaban J connectivity index is 2.13. The van der Waals surface area contributed by atoms with Gasteiger partial charge in [0.1, 0.15) is 0 Å². The Bertz CT molecular complexity index is 425. The molecule has 1 aliphatic carbocycles. The molecule has 3 heteroatoms. The van der Waals surface area contributed by atoms with Crippen LogP contribution in [0.5, 0.6) is 0 Å². The van der Waals surface area contributed by atoms with E-state index in [1.807, 2.05) is 7.05 Å². The Morgan fingerprint density at radius 2 is 1.85 bits per heavy atom. The number of halogens is 1. The van der Waals surface area contributed by atoms with Crippen LogP contribution in [0.4, 0.5) is 5.69 Å². The minimum atomic E-state index is 0.376. The highest BCUT2D eigenvalue weighted by atomic mass is 79.9. The van der Waals surface area contributed by atoms with Gasteiger partial charge in [0.25, 0.3) is 0 Å². The maximum atomic E-state index is 3.73. The van der Waals surface area contributed by atoms with Crippen LogP contribution in [0.2, 0.25) is 0 Å². The zero-order valence-corrected chi connectivity index (χ0v) is 14.5. The Labute approximate surface area is 132 Å². The molecular weight excluding hydrogens is 312 g/mol. The standard InChI is InChI=1S/C17H27BrN2/c1-13(19-2)16-11-10-15(12-17(16)18)20(3)14-8-6-4-5-7-9-14/h10-14,19H,4-9H2,1-3H3. The summed E-state index contributed by atoms with van der Waals surface area (Å²) in [5, 5.41) is 3.30. The predicted octanol–water partition coefficient (Wildman–Crippen LogP) is 4.89. The summed E-state index contributed by atoms with van der Waals surface area (Å²) in [5.74, 6) is 0. The number of nitrogens with zero attached hydrogens (tertiary/aromatic N) is 1. The van der Waals surface area contributed by atoms with Crippen LogP contribution in [0.15, 0.2) is 22.7 Å². The van der Waals surface area contributed by atoms with E-state index in [0.717, 1.165) is 0 Å². The van der Waals surface area contributed by atoms with Gasteiger partial charge in [-0.15, -0.1) is 0 Å². The van der Waals surface area contributed by atoms with Gasteiger partial charge in [-0.1, -0.05) is 47.7 Å². The average Bonchev–Trinajstić information content (AvgIpc) is 2.74. The lowest BCUT2D eigenvalue weighted by Gasteiger charge is -2.30. The molecule has 1 aromatic carbocycles.